The highest BCUT2D eigenvalue weighted by molar-refractivity contribution is 6.01. The zero-order valence-electron chi connectivity index (χ0n) is 33.1. The van der Waals surface area contributed by atoms with E-state index in [0.717, 1.165) is 37.0 Å². The molecule has 2 aromatic carbocycles. The van der Waals surface area contributed by atoms with Gasteiger partial charge >= 0.3 is 0 Å². The molecular weight excluding hydrogens is 716 g/mol. The van der Waals surface area contributed by atoms with Gasteiger partial charge in [-0.1, -0.05) is 57.0 Å². The quantitative estimate of drug-likeness (QED) is 0.120. The maximum absolute atomic E-state index is 13.2. The summed E-state index contributed by atoms with van der Waals surface area (Å²) in [6.07, 6.45) is 8.88. The van der Waals surface area contributed by atoms with Crippen molar-refractivity contribution in [2.75, 3.05) is 25.6 Å². The maximum Gasteiger partial charge on any atom is 0.211 e. The van der Waals surface area contributed by atoms with Crippen molar-refractivity contribution < 1.29 is 49.0 Å². The first-order valence-corrected chi connectivity index (χ1v) is 19.9. The zero-order chi connectivity index (χ0) is 40.4. The van der Waals surface area contributed by atoms with Crippen molar-refractivity contribution in [3.8, 4) is 11.5 Å². The molecule has 6 N–H and O–H groups in total. The minimum Gasteiger partial charge on any atom is -0.506 e. The second-order valence-corrected chi connectivity index (χ2v) is 16.6. The number of ketones is 2. The third-order valence-electron chi connectivity index (χ3n) is 13.4. The average molecular weight is 775 g/mol. The van der Waals surface area contributed by atoms with Gasteiger partial charge in [0.25, 0.3) is 0 Å². The van der Waals surface area contributed by atoms with Crippen LogP contribution in [-0.4, -0.2) is 88.8 Å². The number of aliphatic hydroxyl groups is 3. The molecule has 0 spiro atoms. The molecule has 0 unspecified atom stereocenters. The van der Waals surface area contributed by atoms with E-state index >= 15 is 0 Å². The molecule has 5 aliphatic rings. The van der Waals surface area contributed by atoms with E-state index in [1.165, 1.54) is 11.6 Å². The molecular formula is C44H58N2O10. The number of hydrogen-bond donors (Lipinski definition) is 6. The van der Waals surface area contributed by atoms with Crippen LogP contribution < -0.4 is 15.4 Å². The van der Waals surface area contributed by atoms with Crippen LogP contribution in [0, 0.1) is 28.6 Å². The highest BCUT2D eigenvalue weighted by Gasteiger charge is 2.75. The van der Waals surface area contributed by atoms with Crippen LogP contribution in [0.1, 0.15) is 83.5 Å². The summed E-state index contributed by atoms with van der Waals surface area (Å²) in [5.74, 6) is 0.815. The van der Waals surface area contributed by atoms with E-state index in [4.69, 9.17) is 14.2 Å². The molecule has 12 nitrogen and oxygen atoms in total. The fourth-order valence-electron chi connectivity index (χ4n) is 10.7. The van der Waals surface area contributed by atoms with Gasteiger partial charge in [-0.05, 0) is 105 Å². The first-order chi connectivity index (χ1) is 26.7. The molecule has 4 fully saturated rings. The number of phenolic OH excluding ortho intramolecular Hbond substituents is 1. The number of fused-ring (bicyclic) bond motifs is 7. The van der Waals surface area contributed by atoms with E-state index in [1.807, 2.05) is 37.3 Å². The molecule has 2 aromatic rings. The Morgan fingerprint density at radius 3 is 2.59 bits per heavy atom. The van der Waals surface area contributed by atoms with Gasteiger partial charge in [-0.25, -0.2) is 0 Å². The second kappa shape index (κ2) is 16.9. The molecule has 12 heteroatoms. The average Bonchev–Trinajstić information content (AvgIpc) is 3.66. The number of amides is 1. The fourth-order valence-corrected chi connectivity index (χ4v) is 10.7. The Balaban J connectivity index is 0.000000195. The SMILES string of the molecule is CCC[C@@H]1O[C@@H]2C[C@H]3[C@@H]4CCC5=CC(=O)C=C[C@]5(C)[C@H]4[C@@H](O)C[C@]3(C)[C@]2(C(=O)CO)O1.COc1ccc(C[C@@H](C)NC[C@H](O)c2ccc(O)c(NC=O)c2)cc1. The van der Waals surface area contributed by atoms with Gasteiger partial charge in [-0.2, -0.15) is 0 Å². The first-order valence-electron chi connectivity index (χ1n) is 19.9. The molecule has 1 heterocycles. The van der Waals surface area contributed by atoms with Crippen molar-refractivity contribution in [1.29, 1.82) is 0 Å². The van der Waals surface area contributed by atoms with Crippen molar-refractivity contribution >= 4 is 23.7 Å². The smallest absolute Gasteiger partial charge is 0.211 e. The third-order valence-corrected chi connectivity index (χ3v) is 13.4. The number of nitrogens with one attached hydrogen (secondary N) is 2. The number of hydrogen-bond acceptors (Lipinski definition) is 11. The normalized spacial score (nSPS) is 33.7. The van der Waals surface area contributed by atoms with Crippen LogP contribution in [-0.2, 0) is 30.3 Å². The van der Waals surface area contributed by atoms with Crippen LogP contribution in [0.3, 0.4) is 0 Å². The van der Waals surface area contributed by atoms with E-state index in [0.29, 0.717) is 37.8 Å². The summed E-state index contributed by atoms with van der Waals surface area (Å²) < 4.78 is 17.8. The number of aromatic hydroxyl groups is 1. The number of allylic oxidation sites excluding steroid dienone is 4. The van der Waals surface area contributed by atoms with Crippen LogP contribution in [0.4, 0.5) is 5.69 Å². The van der Waals surface area contributed by atoms with Crippen LogP contribution in [0.5, 0.6) is 11.5 Å². The highest BCUT2D eigenvalue weighted by atomic mass is 16.7. The summed E-state index contributed by atoms with van der Waals surface area (Å²) in [6, 6.07) is 12.7. The lowest BCUT2D eigenvalue weighted by molar-refractivity contribution is -0.200. The predicted octanol–water partition coefficient (Wildman–Crippen LogP) is 4.94. The number of benzene rings is 2. The Morgan fingerprint density at radius 2 is 1.91 bits per heavy atom. The number of phenols is 1. The fraction of sp³-hybridized carbons (Fsp3) is 0.568. The largest absolute Gasteiger partial charge is 0.506 e. The van der Waals surface area contributed by atoms with Gasteiger partial charge in [-0.3, -0.25) is 14.4 Å². The Kier molecular flexibility index (Phi) is 12.6. The van der Waals surface area contributed by atoms with Crippen LogP contribution in [0.25, 0.3) is 0 Å². The third kappa shape index (κ3) is 7.59. The van der Waals surface area contributed by atoms with Gasteiger partial charge in [-0.15, -0.1) is 0 Å². The Bertz CT molecular complexity index is 1810. The highest BCUT2D eigenvalue weighted by Crippen LogP contribution is 2.69. The second-order valence-electron chi connectivity index (χ2n) is 16.6. The molecule has 3 saturated carbocycles. The number of anilines is 1. The Morgan fingerprint density at radius 1 is 1.16 bits per heavy atom. The molecule has 0 aromatic heterocycles. The number of rotatable bonds is 13. The predicted molar refractivity (Wildman–Crippen MR) is 210 cm³/mol. The molecule has 4 aliphatic carbocycles. The topological polar surface area (TPSA) is 184 Å². The summed E-state index contributed by atoms with van der Waals surface area (Å²) in [6.45, 7) is 8.09. The molecule has 56 heavy (non-hydrogen) atoms. The van der Waals surface area contributed by atoms with Gasteiger partial charge in [0.2, 0.25) is 6.41 Å². The van der Waals surface area contributed by atoms with Gasteiger partial charge in [0, 0.05) is 29.3 Å². The van der Waals surface area contributed by atoms with Crippen LogP contribution in [0.15, 0.2) is 66.3 Å². The van der Waals surface area contributed by atoms with Crippen molar-refractivity contribution in [3.05, 3.63) is 77.4 Å². The summed E-state index contributed by atoms with van der Waals surface area (Å²) >= 11 is 0. The standard InChI is InChI=1S/C25H34O6.C19H24N2O4/c1-4-5-21-30-20-11-17-16-7-6-14-10-15(27)8-9-23(14,2)22(16)18(28)12-24(17,3)25(20,31-21)19(29)13-26;1-13(9-14-3-6-16(25-2)7-4-14)20-11-19(24)15-5-8-18(23)17(10-15)21-12-22/h8-10,16-18,20-22,26,28H,4-7,11-13H2,1-3H3;3-8,10,12-13,19-20,23-24H,9,11H2,1-2H3,(H,21,22)/t16-,17-,18-,20+,21+,22+,23-,24-,25+;13-,19+/m01/s1. The minimum absolute atomic E-state index is 0.0125. The van der Waals surface area contributed by atoms with E-state index in [1.54, 1.807) is 31.4 Å². The van der Waals surface area contributed by atoms with Gasteiger partial charge in [0.1, 0.15) is 18.1 Å². The molecule has 1 saturated heterocycles. The van der Waals surface area contributed by atoms with Gasteiger partial charge in [0.15, 0.2) is 23.5 Å². The molecule has 0 radical (unpaired) electrons. The monoisotopic (exact) mass is 774 g/mol. The summed E-state index contributed by atoms with van der Waals surface area (Å²) in [5, 5.41) is 47.1. The van der Waals surface area contributed by atoms with E-state index in [2.05, 4.69) is 31.4 Å². The molecule has 1 amide bonds. The molecule has 1 aliphatic heterocycles. The molecule has 7 rings (SSSR count). The number of Topliss-reactive ketones (excluding diaryl/α,β-unsaturated/α-hetero) is 1. The Labute approximate surface area is 329 Å². The van der Waals surface area contributed by atoms with Crippen molar-refractivity contribution in [3.63, 3.8) is 0 Å². The van der Waals surface area contributed by atoms with E-state index in [9.17, 15) is 34.8 Å². The summed E-state index contributed by atoms with van der Waals surface area (Å²) in [4.78, 5) is 35.7. The van der Waals surface area contributed by atoms with Crippen molar-refractivity contribution in [2.24, 2.45) is 28.6 Å². The van der Waals surface area contributed by atoms with Gasteiger partial charge < -0.3 is 45.3 Å². The number of carbonyl (C=O) groups is 3. The molecule has 11 atom stereocenters. The first kappa shape index (κ1) is 41.7. The van der Waals surface area contributed by atoms with Gasteiger partial charge in [0.05, 0.1) is 31.1 Å². The molecule has 304 valence electrons. The van der Waals surface area contributed by atoms with E-state index in [-0.39, 0.29) is 52.2 Å². The van der Waals surface area contributed by atoms with Crippen LogP contribution in [0.2, 0.25) is 0 Å². The lowest BCUT2D eigenvalue weighted by Gasteiger charge is -2.59. The number of carbonyl (C=O) groups excluding carboxylic acids is 3. The number of methoxy groups -OCH3 is 1. The minimum atomic E-state index is -1.20. The lowest BCUT2D eigenvalue weighted by atomic mass is 9.46. The number of ether oxygens (including phenoxy) is 3. The molecule has 0 bridgehead atoms. The van der Waals surface area contributed by atoms with Crippen molar-refractivity contribution in [1.82, 2.24) is 5.32 Å². The summed E-state index contributed by atoms with van der Waals surface area (Å²) in [7, 11) is 1.64. The van der Waals surface area contributed by atoms with Crippen molar-refractivity contribution in [2.45, 2.75) is 109 Å². The van der Waals surface area contributed by atoms with E-state index < -0.39 is 42.2 Å². The summed E-state index contributed by atoms with van der Waals surface area (Å²) in [5.41, 5.74) is 1.02. The Hall–Kier alpha value is -3.91. The number of aliphatic hydroxyl groups excluding tert-OH is 3. The maximum atomic E-state index is 13.2. The zero-order valence-corrected chi connectivity index (χ0v) is 33.1. The van der Waals surface area contributed by atoms with Crippen LogP contribution >= 0.6 is 0 Å². The lowest BCUT2D eigenvalue weighted by Crippen LogP contribution is -2.63.